The highest BCUT2D eigenvalue weighted by molar-refractivity contribution is 6.22. The third-order valence-electron chi connectivity index (χ3n) is 10.8. The van der Waals surface area contributed by atoms with Gasteiger partial charge in [0.15, 0.2) is 0 Å². The van der Waals surface area contributed by atoms with E-state index in [1.165, 1.54) is 49.2 Å². The topological polar surface area (TPSA) is 40.0 Å². The molecule has 0 fully saturated rings. The van der Waals surface area contributed by atoms with Gasteiger partial charge < -0.3 is 4.57 Å². The first-order valence-electron chi connectivity index (χ1n) is 19.6. The summed E-state index contributed by atoms with van der Waals surface area (Å²) in [5, 5.41) is 6.17. The summed E-state index contributed by atoms with van der Waals surface area (Å²) in [6.45, 7) is 8.64. The van der Waals surface area contributed by atoms with Gasteiger partial charge in [-0.1, -0.05) is 111 Å². The lowest BCUT2D eigenvalue weighted by atomic mass is 10.1. The minimum absolute atomic E-state index is 0.214. The number of rotatable bonds is 8. The smallest absolute Gasteiger partial charge is 0.137 e. The fourth-order valence-electron chi connectivity index (χ4n) is 8.35. The lowest BCUT2D eigenvalue weighted by Crippen LogP contribution is -2.11. The van der Waals surface area contributed by atoms with E-state index < -0.39 is 0 Å². The molecule has 0 N–H and O–H groups in total. The maximum absolute atomic E-state index is 5.48. The van der Waals surface area contributed by atoms with E-state index in [-0.39, 0.29) is 6.04 Å². The van der Waals surface area contributed by atoms with Gasteiger partial charge in [-0.25, -0.2) is 4.98 Å². The molecule has 8 aromatic rings. The molecule has 0 saturated heterocycles. The van der Waals surface area contributed by atoms with Crippen LogP contribution in [0.4, 0.5) is 0 Å². The Hall–Kier alpha value is -6.46. The number of pyridine rings is 1. The summed E-state index contributed by atoms with van der Waals surface area (Å²) in [4.78, 5) is 10.8. The molecule has 9 rings (SSSR count). The minimum atomic E-state index is -0.214. The second-order valence-electron chi connectivity index (χ2n) is 14.2. The first-order chi connectivity index (χ1) is 27.1. The van der Waals surface area contributed by atoms with E-state index >= 15 is 0 Å². The van der Waals surface area contributed by atoms with Crippen molar-refractivity contribution >= 4 is 78.2 Å². The number of benzene rings is 4. The summed E-state index contributed by atoms with van der Waals surface area (Å²) in [6, 6.07) is 37.0. The third-order valence-corrected chi connectivity index (χ3v) is 10.8. The van der Waals surface area contributed by atoms with Crippen LogP contribution in [-0.4, -0.2) is 24.5 Å². The number of fused-ring (bicyclic) bond motifs is 9. The van der Waals surface area contributed by atoms with E-state index in [1.54, 1.807) is 0 Å². The van der Waals surface area contributed by atoms with Crippen LogP contribution in [0.3, 0.4) is 0 Å². The van der Waals surface area contributed by atoms with E-state index in [4.69, 9.17) is 9.98 Å². The van der Waals surface area contributed by atoms with Crippen LogP contribution in [0.5, 0.6) is 0 Å². The molecule has 5 heteroatoms. The maximum atomic E-state index is 5.48. The zero-order valence-electron chi connectivity index (χ0n) is 31.9. The van der Waals surface area contributed by atoms with Crippen LogP contribution in [0.2, 0.25) is 0 Å². The molecular weight excluding hydrogens is 671 g/mol. The van der Waals surface area contributed by atoms with Crippen molar-refractivity contribution in [3.63, 3.8) is 0 Å². The summed E-state index contributed by atoms with van der Waals surface area (Å²) < 4.78 is 7.08. The molecule has 270 valence electrons. The first-order valence-corrected chi connectivity index (χ1v) is 19.6. The van der Waals surface area contributed by atoms with Gasteiger partial charge in [-0.15, -0.1) is 0 Å². The molecule has 0 saturated carbocycles. The number of para-hydroxylation sites is 3. The summed E-state index contributed by atoms with van der Waals surface area (Å²) >= 11 is 0. The van der Waals surface area contributed by atoms with Crippen molar-refractivity contribution in [1.82, 2.24) is 18.7 Å². The predicted molar refractivity (Wildman–Crippen MR) is 236 cm³/mol. The minimum Gasteiger partial charge on any atom is -0.313 e. The van der Waals surface area contributed by atoms with E-state index in [0.29, 0.717) is 0 Å². The quantitative estimate of drug-likeness (QED) is 0.0877. The Bertz CT molecular complexity index is 2950. The van der Waals surface area contributed by atoms with Crippen LogP contribution in [0, 0.1) is 0 Å². The second kappa shape index (κ2) is 14.4. The maximum Gasteiger partial charge on any atom is 0.137 e. The van der Waals surface area contributed by atoms with Crippen LogP contribution in [0.15, 0.2) is 151 Å². The summed E-state index contributed by atoms with van der Waals surface area (Å²) in [5.41, 5.74) is 10.4. The molecule has 1 atom stereocenters. The molecular formula is C50H45N5. The molecule has 4 heterocycles. The normalized spacial score (nSPS) is 14.5. The fraction of sp³-hybridized carbons (Fsp3) is 0.160. The van der Waals surface area contributed by atoms with E-state index in [0.717, 1.165) is 58.9 Å². The molecule has 0 bridgehead atoms. The predicted octanol–water partition coefficient (Wildman–Crippen LogP) is 13.5. The zero-order chi connectivity index (χ0) is 37.5. The Balaban J connectivity index is 1.24. The molecule has 55 heavy (non-hydrogen) atoms. The van der Waals surface area contributed by atoms with Crippen LogP contribution in [0.1, 0.15) is 70.0 Å². The average molecular weight is 716 g/mol. The highest BCUT2D eigenvalue weighted by Gasteiger charge is 2.21. The second-order valence-corrected chi connectivity index (χ2v) is 14.2. The fourth-order valence-corrected chi connectivity index (χ4v) is 8.35. The van der Waals surface area contributed by atoms with Crippen LogP contribution in [-0.2, 0) is 0 Å². The zero-order valence-corrected chi connectivity index (χ0v) is 31.9. The molecule has 4 aromatic heterocycles. The van der Waals surface area contributed by atoms with E-state index in [9.17, 15) is 0 Å². The Labute approximate surface area is 322 Å². The number of allylic oxidation sites excluding steroid dienone is 8. The van der Waals surface area contributed by atoms with Crippen molar-refractivity contribution in [2.45, 2.75) is 53.0 Å². The SMILES string of the molecule is C/C=C\C(=NC(C)c1cccc(-n2c3c(c4ccccc42)C=CCC=C3)n1)n1c2ccccc2c2cc3c4ccccc4n(/C(=C/C=C\CC)CC)c3cc21. The van der Waals surface area contributed by atoms with Crippen molar-refractivity contribution in [2.24, 2.45) is 4.99 Å². The molecule has 1 unspecified atom stereocenters. The van der Waals surface area contributed by atoms with Gasteiger partial charge in [-0.05, 0) is 93.8 Å². The Morgan fingerprint density at radius 2 is 1.40 bits per heavy atom. The molecule has 0 spiro atoms. The third kappa shape index (κ3) is 5.79. The van der Waals surface area contributed by atoms with Crippen LogP contribution >= 0.6 is 0 Å². The van der Waals surface area contributed by atoms with Crippen molar-refractivity contribution in [3.8, 4) is 5.82 Å². The lowest BCUT2D eigenvalue weighted by Gasteiger charge is -2.15. The number of nitrogens with zero attached hydrogens (tertiary/aromatic N) is 5. The van der Waals surface area contributed by atoms with Gasteiger partial charge >= 0.3 is 0 Å². The first kappa shape index (κ1) is 34.3. The largest absolute Gasteiger partial charge is 0.313 e. The van der Waals surface area contributed by atoms with Crippen LogP contribution in [0.25, 0.3) is 78.2 Å². The van der Waals surface area contributed by atoms with Crippen molar-refractivity contribution in [3.05, 3.63) is 163 Å². The number of aliphatic imine (C=N–C) groups is 1. The molecule has 0 amide bonds. The van der Waals surface area contributed by atoms with Gasteiger partial charge in [-0.3, -0.25) is 14.1 Å². The highest BCUT2D eigenvalue weighted by atomic mass is 15.1. The van der Waals surface area contributed by atoms with Gasteiger partial charge in [-0.2, -0.15) is 0 Å². The monoisotopic (exact) mass is 715 g/mol. The molecule has 1 aliphatic rings. The van der Waals surface area contributed by atoms with Gasteiger partial charge in [0.25, 0.3) is 0 Å². The van der Waals surface area contributed by atoms with E-state index in [2.05, 4.69) is 199 Å². The van der Waals surface area contributed by atoms with Crippen molar-refractivity contribution in [2.75, 3.05) is 0 Å². The number of hydrogen-bond acceptors (Lipinski definition) is 2. The lowest BCUT2D eigenvalue weighted by molar-refractivity contribution is 0.772. The molecule has 4 aromatic carbocycles. The van der Waals surface area contributed by atoms with Gasteiger partial charge in [0.05, 0.1) is 45.0 Å². The molecule has 0 radical (unpaired) electrons. The Morgan fingerprint density at radius 1 is 0.727 bits per heavy atom. The Morgan fingerprint density at radius 3 is 2.13 bits per heavy atom. The van der Waals surface area contributed by atoms with Crippen molar-refractivity contribution in [1.29, 1.82) is 0 Å². The standard InChI is InChI=1S/C50H45N5/c1-5-8-10-21-35(7-3)53-43-28-16-14-24-38(43)40-32-41-39-25-15-18-30-46(39)55(48(41)33-47(40)53)49(20-6-2)51-34(4)42-26-19-31-50(52-42)54-44-27-12-9-11-22-36(44)37-23-13-17-29-45(37)54/h6,8,10-34H,5,7,9H2,1-4H3/b10-8-,20-6-,35-21+,51-49?. The molecule has 5 nitrogen and oxygen atoms in total. The van der Waals surface area contributed by atoms with Crippen LogP contribution < -0.4 is 0 Å². The van der Waals surface area contributed by atoms with E-state index in [1.807, 2.05) is 0 Å². The number of hydrogen-bond donors (Lipinski definition) is 0. The van der Waals surface area contributed by atoms with Gasteiger partial charge in [0, 0.05) is 38.2 Å². The summed E-state index contributed by atoms with van der Waals surface area (Å²) in [6.07, 6.45) is 22.7. The summed E-state index contributed by atoms with van der Waals surface area (Å²) in [7, 11) is 0. The van der Waals surface area contributed by atoms with Crippen molar-refractivity contribution < 1.29 is 0 Å². The molecule has 0 aliphatic heterocycles. The summed E-state index contributed by atoms with van der Waals surface area (Å²) in [5.74, 6) is 1.77. The van der Waals surface area contributed by atoms with Gasteiger partial charge in [0.1, 0.15) is 11.7 Å². The number of aromatic nitrogens is 4. The Kier molecular flexibility index (Phi) is 8.99. The van der Waals surface area contributed by atoms with Gasteiger partial charge in [0.2, 0.25) is 0 Å². The highest BCUT2D eigenvalue weighted by Crippen LogP contribution is 2.39. The molecule has 1 aliphatic carbocycles. The average Bonchev–Trinajstić information content (AvgIpc) is 3.75.